The molecule has 0 aliphatic heterocycles. The van der Waals surface area contributed by atoms with Crippen LogP contribution in [0, 0.1) is 16.0 Å². The van der Waals surface area contributed by atoms with Crippen molar-refractivity contribution in [2.24, 2.45) is 5.92 Å². The van der Waals surface area contributed by atoms with Crippen LogP contribution >= 0.6 is 0 Å². The molecule has 3 atom stereocenters. The fraction of sp³-hybridized carbons (Fsp3) is 0.467. The van der Waals surface area contributed by atoms with Crippen LogP contribution in [-0.2, 0) is 14.3 Å². The summed E-state index contributed by atoms with van der Waals surface area (Å²) >= 11 is 0. The summed E-state index contributed by atoms with van der Waals surface area (Å²) in [5, 5.41) is 20.7. The maximum Gasteiger partial charge on any atom is 0.321 e. The highest BCUT2D eigenvalue weighted by Gasteiger charge is 2.46. The Kier molecular flexibility index (Phi) is 6.49. The smallest absolute Gasteiger partial charge is 0.321 e. The van der Waals surface area contributed by atoms with Gasteiger partial charge in [0.15, 0.2) is 5.92 Å². The van der Waals surface area contributed by atoms with E-state index in [0.29, 0.717) is 5.56 Å². The number of carboxylic acids is 1. The van der Waals surface area contributed by atoms with Crippen LogP contribution in [0.2, 0.25) is 0 Å². The summed E-state index contributed by atoms with van der Waals surface area (Å²) in [6, 6.07) is 7.01. The Balaban J connectivity index is 3.36. The molecule has 22 heavy (non-hydrogen) atoms. The van der Waals surface area contributed by atoms with E-state index in [-0.39, 0.29) is 13.0 Å². The number of nitrogens with zero attached hydrogens (tertiary/aromatic N) is 1. The Hall–Kier alpha value is -2.44. The fourth-order valence-corrected chi connectivity index (χ4v) is 2.48. The van der Waals surface area contributed by atoms with Gasteiger partial charge >= 0.3 is 11.9 Å². The van der Waals surface area contributed by atoms with E-state index in [0.717, 1.165) is 0 Å². The average Bonchev–Trinajstić information content (AvgIpc) is 2.47. The Morgan fingerprint density at radius 2 is 1.86 bits per heavy atom. The first-order valence-corrected chi connectivity index (χ1v) is 7.01. The molecule has 3 unspecified atom stereocenters. The second-order valence-electron chi connectivity index (χ2n) is 4.77. The Bertz CT molecular complexity index is 530. The topological polar surface area (TPSA) is 107 Å². The van der Waals surface area contributed by atoms with Crippen molar-refractivity contribution >= 4 is 11.9 Å². The monoisotopic (exact) mass is 309 g/mol. The van der Waals surface area contributed by atoms with E-state index in [1.165, 1.54) is 0 Å². The number of ether oxygens (including phenoxy) is 1. The molecule has 120 valence electrons. The standard InChI is InChI=1S/C15H19NO6/c1-3-11(16(20)21)12(10-8-6-5-7-9-10)13(14(17)18)15(19)22-4-2/h5-9,11-13H,3-4H2,1-2H3,(H,17,18). The number of esters is 1. The zero-order chi connectivity index (χ0) is 16.7. The highest BCUT2D eigenvalue weighted by molar-refractivity contribution is 5.95. The molecule has 0 spiro atoms. The quantitative estimate of drug-likeness (QED) is 0.341. The summed E-state index contributed by atoms with van der Waals surface area (Å²) in [6.45, 7) is 3.16. The van der Waals surface area contributed by atoms with E-state index in [4.69, 9.17) is 4.74 Å². The first-order valence-electron chi connectivity index (χ1n) is 7.01. The lowest BCUT2D eigenvalue weighted by Crippen LogP contribution is -2.40. The molecular weight excluding hydrogens is 290 g/mol. The average molecular weight is 309 g/mol. The second-order valence-corrected chi connectivity index (χ2v) is 4.77. The lowest BCUT2D eigenvalue weighted by Gasteiger charge is -2.25. The number of carbonyl (C=O) groups is 2. The second kappa shape index (κ2) is 8.11. The van der Waals surface area contributed by atoms with E-state index in [1.807, 2.05) is 0 Å². The van der Waals surface area contributed by atoms with Gasteiger partial charge in [-0.1, -0.05) is 37.3 Å². The molecule has 7 nitrogen and oxygen atoms in total. The maximum absolute atomic E-state index is 12.0. The van der Waals surface area contributed by atoms with Gasteiger partial charge in [-0.25, -0.2) is 0 Å². The van der Waals surface area contributed by atoms with Crippen LogP contribution in [0.3, 0.4) is 0 Å². The number of hydrogen-bond donors (Lipinski definition) is 1. The zero-order valence-corrected chi connectivity index (χ0v) is 12.5. The van der Waals surface area contributed by atoms with Gasteiger partial charge in [-0.3, -0.25) is 19.7 Å². The largest absolute Gasteiger partial charge is 0.481 e. The number of nitro groups is 1. The Morgan fingerprint density at radius 3 is 2.27 bits per heavy atom. The molecule has 0 saturated heterocycles. The number of benzene rings is 1. The molecule has 0 radical (unpaired) electrons. The van der Waals surface area contributed by atoms with Crippen molar-refractivity contribution in [1.82, 2.24) is 0 Å². The number of carboxylic acid groups (broad SMARTS) is 1. The predicted molar refractivity (Wildman–Crippen MR) is 78.0 cm³/mol. The van der Waals surface area contributed by atoms with Crippen molar-refractivity contribution in [3.8, 4) is 0 Å². The van der Waals surface area contributed by atoms with Crippen LogP contribution in [0.1, 0.15) is 31.7 Å². The third kappa shape index (κ3) is 4.03. The Labute approximate surface area is 128 Å². The van der Waals surface area contributed by atoms with Crippen LogP contribution in [-0.4, -0.2) is 34.6 Å². The molecule has 0 aliphatic rings. The summed E-state index contributed by atoms with van der Waals surface area (Å²) < 4.78 is 4.80. The first kappa shape index (κ1) is 17.6. The van der Waals surface area contributed by atoms with Crippen LogP contribution in [0.4, 0.5) is 0 Å². The molecule has 0 heterocycles. The summed E-state index contributed by atoms with van der Waals surface area (Å²) in [4.78, 5) is 34.3. The van der Waals surface area contributed by atoms with E-state index < -0.39 is 34.7 Å². The minimum Gasteiger partial charge on any atom is -0.481 e. The third-order valence-electron chi connectivity index (χ3n) is 3.45. The third-order valence-corrected chi connectivity index (χ3v) is 3.45. The fourth-order valence-electron chi connectivity index (χ4n) is 2.48. The van der Waals surface area contributed by atoms with Crippen LogP contribution in [0.5, 0.6) is 0 Å². The predicted octanol–water partition coefficient (Wildman–Crippen LogP) is 2.09. The van der Waals surface area contributed by atoms with Gasteiger partial charge in [-0.2, -0.15) is 0 Å². The van der Waals surface area contributed by atoms with E-state index in [2.05, 4.69) is 0 Å². The number of aliphatic carboxylic acids is 1. The molecule has 1 rings (SSSR count). The normalized spacial score (nSPS) is 14.6. The van der Waals surface area contributed by atoms with Gasteiger partial charge in [0.25, 0.3) is 0 Å². The van der Waals surface area contributed by atoms with Gasteiger partial charge in [0.1, 0.15) is 0 Å². The highest BCUT2D eigenvalue weighted by Crippen LogP contribution is 2.32. The molecule has 1 aromatic rings. The van der Waals surface area contributed by atoms with Gasteiger partial charge in [0, 0.05) is 11.3 Å². The van der Waals surface area contributed by atoms with Gasteiger partial charge < -0.3 is 9.84 Å². The molecule has 0 saturated carbocycles. The highest BCUT2D eigenvalue weighted by atomic mass is 16.6. The molecule has 1 N–H and O–H groups in total. The number of rotatable bonds is 8. The zero-order valence-electron chi connectivity index (χ0n) is 12.5. The minimum absolute atomic E-state index is 0.0133. The van der Waals surface area contributed by atoms with Gasteiger partial charge in [-0.15, -0.1) is 0 Å². The van der Waals surface area contributed by atoms with Gasteiger partial charge in [0.2, 0.25) is 6.04 Å². The van der Waals surface area contributed by atoms with Crippen LogP contribution < -0.4 is 0 Å². The lowest BCUT2D eigenvalue weighted by molar-refractivity contribution is -0.528. The molecule has 0 amide bonds. The summed E-state index contributed by atoms with van der Waals surface area (Å²) in [7, 11) is 0. The summed E-state index contributed by atoms with van der Waals surface area (Å²) in [5.41, 5.74) is 0.437. The number of hydrogen-bond acceptors (Lipinski definition) is 5. The molecular formula is C15H19NO6. The minimum atomic E-state index is -1.61. The van der Waals surface area contributed by atoms with Crippen molar-refractivity contribution in [3.63, 3.8) is 0 Å². The number of carbonyl (C=O) groups excluding carboxylic acids is 1. The van der Waals surface area contributed by atoms with Crippen LogP contribution in [0.25, 0.3) is 0 Å². The van der Waals surface area contributed by atoms with Crippen LogP contribution in [0.15, 0.2) is 30.3 Å². The van der Waals surface area contributed by atoms with Crippen molar-refractivity contribution < 1.29 is 24.4 Å². The molecule has 7 heteroatoms. The first-order chi connectivity index (χ1) is 10.4. The molecule has 0 bridgehead atoms. The summed E-state index contributed by atoms with van der Waals surface area (Å²) in [6.07, 6.45) is 0.107. The van der Waals surface area contributed by atoms with Crippen molar-refractivity contribution in [2.45, 2.75) is 32.2 Å². The lowest BCUT2D eigenvalue weighted by atomic mass is 9.79. The van der Waals surface area contributed by atoms with Crippen molar-refractivity contribution in [3.05, 3.63) is 46.0 Å². The van der Waals surface area contributed by atoms with E-state index in [9.17, 15) is 24.8 Å². The Morgan fingerprint density at radius 1 is 1.27 bits per heavy atom. The summed E-state index contributed by atoms with van der Waals surface area (Å²) in [5.74, 6) is -5.08. The molecule has 1 aromatic carbocycles. The van der Waals surface area contributed by atoms with E-state index in [1.54, 1.807) is 44.2 Å². The SMILES string of the molecule is CCOC(=O)C(C(=O)O)C(c1ccccc1)C(CC)[N+](=O)[O-]. The van der Waals surface area contributed by atoms with Gasteiger partial charge in [-0.05, 0) is 12.5 Å². The van der Waals surface area contributed by atoms with Crippen molar-refractivity contribution in [2.75, 3.05) is 6.61 Å². The van der Waals surface area contributed by atoms with Crippen molar-refractivity contribution in [1.29, 1.82) is 0 Å². The molecule has 0 aromatic heterocycles. The molecule has 0 aliphatic carbocycles. The van der Waals surface area contributed by atoms with E-state index >= 15 is 0 Å². The van der Waals surface area contributed by atoms with Gasteiger partial charge in [0.05, 0.1) is 12.5 Å². The molecule has 0 fully saturated rings. The maximum atomic E-state index is 12.0.